The fourth-order valence-electron chi connectivity index (χ4n) is 1.91. The van der Waals surface area contributed by atoms with Crippen molar-refractivity contribution in [2.45, 2.75) is 26.9 Å². The Balaban J connectivity index is 2.78. The van der Waals surface area contributed by atoms with E-state index in [2.05, 4.69) is 5.32 Å². The standard InChI is InChI=1S/C15H21NO5/c1-9-7-12(15(18)19)8-10(2)13(9)21-11(3)14(17)16-5-6-20-4/h7-8,11H,5-6H2,1-4H3,(H,16,17)(H,18,19). The number of aromatic carboxylic acids is 1. The third-order valence-corrected chi connectivity index (χ3v) is 2.98. The van der Waals surface area contributed by atoms with E-state index < -0.39 is 12.1 Å². The van der Waals surface area contributed by atoms with Crippen LogP contribution in [-0.2, 0) is 9.53 Å². The first-order chi connectivity index (χ1) is 9.86. The number of hydrogen-bond acceptors (Lipinski definition) is 4. The summed E-state index contributed by atoms with van der Waals surface area (Å²) in [5.74, 6) is -0.694. The van der Waals surface area contributed by atoms with E-state index in [0.29, 0.717) is 30.0 Å². The Labute approximate surface area is 124 Å². The maximum atomic E-state index is 11.8. The fraction of sp³-hybridized carbons (Fsp3) is 0.467. The highest BCUT2D eigenvalue weighted by Crippen LogP contribution is 2.26. The number of carbonyl (C=O) groups is 2. The van der Waals surface area contributed by atoms with Crippen molar-refractivity contribution in [1.29, 1.82) is 0 Å². The van der Waals surface area contributed by atoms with Crippen LogP contribution in [0, 0.1) is 13.8 Å². The van der Waals surface area contributed by atoms with E-state index in [-0.39, 0.29) is 11.5 Å². The summed E-state index contributed by atoms with van der Waals surface area (Å²) < 4.78 is 10.5. The van der Waals surface area contributed by atoms with Gasteiger partial charge in [0.1, 0.15) is 5.75 Å². The van der Waals surface area contributed by atoms with Crippen LogP contribution < -0.4 is 10.1 Å². The van der Waals surface area contributed by atoms with Crippen molar-refractivity contribution in [2.75, 3.05) is 20.3 Å². The van der Waals surface area contributed by atoms with Crippen molar-refractivity contribution in [3.05, 3.63) is 28.8 Å². The zero-order chi connectivity index (χ0) is 16.0. The molecule has 1 aromatic carbocycles. The predicted octanol–water partition coefficient (Wildman–Crippen LogP) is 1.53. The van der Waals surface area contributed by atoms with Crippen molar-refractivity contribution < 1.29 is 24.2 Å². The van der Waals surface area contributed by atoms with Crippen molar-refractivity contribution in [1.82, 2.24) is 5.32 Å². The van der Waals surface area contributed by atoms with Crippen LogP contribution in [0.1, 0.15) is 28.4 Å². The van der Waals surface area contributed by atoms with Crippen LogP contribution in [0.3, 0.4) is 0 Å². The smallest absolute Gasteiger partial charge is 0.335 e. The van der Waals surface area contributed by atoms with Crippen LogP contribution in [0.4, 0.5) is 0 Å². The maximum absolute atomic E-state index is 11.8. The van der Waals surface area contributed by atoms with E-state index in [1.54, 1.807) is 27.9 Å². The SMILES string of the molecule is COCCNC(=O)C(C)Oc1c(C)cc(C(=O)O)cc1C. The van der Waals surface area contributed by atoms with Crippen molar-refractivity contribution >= 4 is 11.9 Å². The van der Waals surface area contributed by atoms with Gasteiger partial charge in [-0.2, -0.15) is 0 Å². The second-order valence-electron chi connectivity index (χ2n) is 4.79. The molecule has 0 bridgehead atoms. The first-order valence-electron chi connectivity index (χ1n) is 6.64. The molecule has 1 unspecified atom stereocenters. The summed E-state index contributed by atoms with van der Waals surface area (Å²) in [6.07, 6.45) is -0.671. The monoisotopic (exact) mass is 295 g/mol. The van der Waals surface area contributed by atoms with Crippen LogP contribution in [0.5, 0.6) is 5.75 Å². The van der Waals surface area contributed by atoms with E-state index in [1.165, 1.54) is 12.1 Å². The van der Waals surface area contributed by atoms with Gasteiger partial charge in [-0.05, 0) is 44.0 Å². The van der Waals surface area contributed by atoms with Gasteiger partial charge in [0, 0.05) is 13.7 Å². The number of benzene rings is 1. The summed E-state index contributed by atoms with van der Waals surface area (Å²) in [6.45, 7) is 6.00. The lowest BCUT2D eigenvalue weighted by Gasteiger charge is -2.18. The normalized spacial score (nSPS) is 11.8. The molecular weight excluding hydrogens is 274 g/mol. The lowest BCUT2D eigenvalue weighted by Crippen LogP contribution is -2.38. The number of carboxylic acid groups (broad SMARTS) is 1. The molecule has 1 aromatic rings. The summed E-state index contributed by atoms with van der Waals surface area (Å²) in [6, 6.07) is 3.06. The number of methoxy groups -OCH3 is 1. The number of carbonyl (C=O) groups excluding carboxylic acids is 1. The van der Waals surface area contributed by atoms with E-state index >= 15 is 0 Å². The minimum atomic E-state index is -0.988. The molecule has 0 aliphatic carbocycles. The van der Waals surface area contributed by atoms with E-state index in [4.69, 9.17) is 14.6 Å². The first-order valence-corrected chi connectivity index (χ1v) is 6.64. The molecule has 0 spiro atoms. The number of amides is 1. The third kappa shape index (κ3) is 4.75. The van der Waals surface area contributed by atoms with Crippen molar-refractivity contribution in [3.8, 4) is 5.75 Å². The Kier molecular flexibility index (Phi) is 6.17. The largest absolute Gasteiger partial charge is 0.480 e. The van der Waals surface area contributed by atoms with Gasteiger partial charge in [0.05, 0.1) is 12.2 Å². The minimum absolute atomic E-state index is 0.203. The molecule has 21 heavy (non-hydrogen) atoms. The second-order valence-corrected chi connectivity index (χ2v) is 4.79. The average molecular weight is 295 g/mol. The molecule has 0 aliphatic rings. The summed E-state index contributed by atoms with van der Waals surface area (Å²) >= 11 is 0. The highest BCUT2D eigenvalue weighted by atomic mass is 16.5. The molecular formula is C15H21NO5. The maximum Gasteiger partial charge on any atom is 0.335 e. The van der Waals surface area contributed by atoms with Gasteiger partial charge in [-0.25, -0.2) is 4.79 Å². The number of nitrogens with one attached hydrogen (secondary N) is 1. The molecule has 0 fully saturated rings. The molecule has 1 rings (SSSR count). The van der Waals surface area contributed by atoms with Crippen LogP contribution in [0.2, 0.25) is 0 Å². The minimum Gasteiger partial charge on any atom is -0.480 e. The second kappa shape index (κ2) is 7.64. The Hall–Kier alpha value is -2.08. The average Bonchev–Trinajstić information content (AvgIpc) is 2.42. The lowest BCUT2D eigenvalue weighted by atomic mass is 10.1. The van der Waals surface area contributed by atoms with E-state index in [0.717, 1.165) is 0 Å². The van der Waals surface area contributed by atoms with E-state index in [9.17, 15) is 9.59 Å². The number of carboxylic acids is 1. The van der Waals surface area contributed by atoms with Gasteiger partial charge in [-0.3, -0.25) is 4.79 Å². The van der Waals surface area contributed by atoms with Crippen LogP contribution in [0.15, 0.2) is 12.1 Å². The van der Waals surface area contributed by atoms with Crippen molar-refractivity contribution in [3.63, 3.8) is 0 Å². The topological polar surface area (TPSA) is 84.9 Å². The van der Waals surface area contributed by atoms with Gasteiger partial charge in [0.15, 0.2) is 6.10 Å². The number of hydrogen-bond donors (Lipinski definition) is 2. The Bertz CT molecular complexity index is 504. The molecule has 0 saturated carbocycles. The summed E-state index contributed by atoms with van der Waals surface area (Å²) in [5, 5.41) is 11.7. The van der Waals surface area contributed by atoms with Crippen LogP contribution in [-0.4, -0.2) is 43.3 Å². The van der Waals surface area contributed by atoms with Gasteiger partial charge in [-0.15, -0.1) is 0 Å². The van der Waals surface area contributed by atoms with Gasteiger partial charge < -0.3 is 19.9 Å². The van der Waals surface area contributed by atoms with E-state index in [1.807, 2.05) is 0 Å². The lowest BCUT2D eigenvalue weighted by molar-refractivity contribution is -0.127. The van der Waals surface area contributed by atoms with Crippen LogP contribution in [0.25, 0.3) is 0 Å². The molecule has 0 heterocycles. The third-order valence-electron chi connectivity index (χ3n) is 2.98. The number of rotatable bonds is 7. The molecule has 116 valence electrons. The molecule has 2 N–H and O–H groups in total. The number of aryl methyl sites for hydroxylation is 2. The highest BCUT2D eigenvalue weighted by molar-refractivity contribution is 5.88. The van der Waals surface area contributed by atoms with Gasteiger partial charge in [0.25, 0.3) is 5.91 Å². The summed E-state index contributed by atoms with van der Waals surface area (Å²) in [5.41, 5.74) is 1.57. The highest BCUT2D eigenvalue weighted by Gasteiger charge is 2.17. The van der Waals surface area contributed by atoms with Crippen molar-refractivity contribution in [2.24, 2.45) is 0 Å². The quantitative estimate of drug-likeness (QED) is 0.745. The Morgan fingerprint density at radius 3 is 2.33 bits per heavy atom. The van der Waals surface area contributed by atoms with Crippen LogP contribution >= 0.6 is 0 Å². The Morgan fingerprint density at radius 2 is 1.86 bits per heavy atom. The first kappa shape index (κ1) is 17.0. The molecule has 1 atom stereocenters. The zero-order valence-electron chi connectivity index (χ0n) is 12.7. The molecule has 0 saturated heterocycles. The van der Waals surface area contributed by atoms with Gasteiger partial charge in [0.2, 0.25) is 0 Å². The fourth-order valence-corrected chi connectivity index (χ4v) is 1.91. The molecule has 6 heteroatoms. The van der Waals surface area contributed by atoms with Gasteiger partial charge >= 0.3 is 5.97 Å². The zero-order valence-corrected chi connectivity index (χ0v) is 12.7. The predicted molar refractivity (Wildman–Crippen MR) is 77.9 cm³/mol. The molecule has 1 amide bonds. The molecule has 6 nitrogen and oxygen atoms in total. The molecule has 0 aromatic heterocycles. The Morgan fingerprint density at radius 1 is 1.29 bits per heavy atom. The van der Waals surface area contributed by atoms with Gasteiger partial charge in [-0.1, -0.05) is 0 Å². The molecule has 0 aliphatic heterocycles. The summed E-state index contributed by atoms with van der Waals surface area (Å²) in [4.78, 5) is 22.8. The number of ether oxygens (including phenoxy) is 2. The molecule has 0 radical (unpaired) electrons. The summed E-state index contributed by atoms with van der Waals surface area (Å²) in [7, 11) is 1.56.